The van der Waals surface area contributed by atoms with Gasteiger partial charge >= 0.3 is 6.09 Å². The molecule has 3 N–H and O–H groups in total. The fourth-order valence-electron chi connectivity index (χ4n) is 2.75. The number of hydrogen-bond acceptors (Lipinski definition) is 4. The summed E-state index contributed by atoms with van der Waals surface area (Å²) >= 11 is 0. The van der Waals surface area contributed by atoms with Gasteiger partial charge in [-0.1, -0.05) is 48.5 Å². The molecule has 0 saturated heterocycles. The van der Waals surface area contributed by atoms with Gasteiger partial charge in [-0.25, -0.2) is 4.79 Å². The van der Waals surface area contributed by atoms with Crippen LogP contribution in [0.15, 0.2) is 54.6 Å². The van der Waals surface area contributed by atoms with Gasteiger partial charge in [0.05, 0.1) is 0 Å². The van der Waals surface area contributed by atoms with Crippen molar-refractivity contribution in [2.75, 3.05) is 0 Å². The maximum Gasteiger partial charge on any atom is 0.407 e. The van der Waals surface area contributed by atoms with Gasteiger partial charge in [-0.3, -0.25) is 0 Å². The Bertz CT molecular complexity index is 669. The van der Waals surface area contributed by atoms with Crippen molar-refractivity contribution in [2.45, 2.75) is 38.1 Å². The molecular formula is C19H22N2O3. The Hall–Kier alpha value is -2.53. The summed E-state index contributed by atoms with van der Waals surface area (Å²) in [6.07, 6.45) is 1.37. The minimum atomic E-state index is -0.372. The molecule has 126 valence electrons. The zero-order valence-corrected chi connectivity index (χ0v) is 13.4. The molecule has 1 fully saturated rings. The fourth-order valence-corrected chi connectivity index (χ4v) is 2.75. The summed E-state index contributed by atoms with van der Waals surface area (Å²) in [6, 6.07) is 17.4. The van der Waals surface area contributed by atoms with Crippen LogP contribution in [0.1, 0.15) is 24.0 Å². The zero-order valence-electron chi connectivity index (χ0n) is 13.4. The van der Waals surface area contributed by atoms with Crippen molar-refractivity contribution in [3.05, 3.63) is 65.7 Å². The van der Waals surface area contributed by atoms with Crippen LogP contribution >= 0.6 is 0 Å². The van der Waals surface area contributed by atoms with Crippen molar-refractivity contribution in [1.29, 1.82) is 0 Å². The lowest BCUT2D eigenvalue weighted by Gasteiger charge is -2.36. The van der Waals surface area contributed by atoms with Crippen LogP contribution in [0.4, 0.5) is 4.79 Å². The van der Waals surface area contributed by atoms with E-state index < -0.39 is 0 Å². The van der Waals surface area contributed by atoms with Gasteiger partial charge in [0, 0.05) is 24.2 Å². The molecule has 2 aromatic carbocycles. The van der Waals surface area contributed by atoms with E-state index >= 15 is 0 Å². The van der Waals surface area contributed by atoms with Gasteiger partial charge < -0.3 is 20.5 Å². The van der Waals surface area contributed by atoms with Crippen LogP contribution in [0.3, 0.4) is 0 Å². The molecule has 0 heterocycles. The molecule has 0 aromatic heterocycles. The van der Waals surface area contributed by atoms with Gasteiger partial charge in [-0.2, -0.15) is 0 Å². The number of amides is 1. The molecule has 0 atom stereocenters. The van der Waals surface area contributed by atoms with Crippen molar-refractivity contribution in [2.24, 2.45) is 0 Å². The van der Waals surface area contributed by atoms with Crippen LogP contribution in [-0.4, -0.2) is 23.3 Å². The highest BCUT2D eigenvalue weighted by molar-refractivity contribution is 5.67. The number of nitrogens with one attached hydrogen (secondary N) is 2. The second-order valence-electron chi connectivity index (χ2n) is 6.08. The molecule has 5 heteroatoms. The van der Waals surface area contributed by atoms with Crippen LogP contribution < -0.4 is 10.6 Å². The highest BCUT2D eigenvalue weighted by atomic mass is 16.5. The predicted molar refractivity (Wildman–Crippen MR) is 91.5 cm³/mol. The molecule has 1 amide bonds. The van der Waals surface area contributed by atoms with E-state index in [1.54, 1.807) is 6.07 Å². The van der Waals surface area contributed by atoms with Gasteiger partial charge in [0.2, 0.25) is 0 Å². The van der Waals surface area contributed by atoms with Crippen molar-refractivity contribution < 1.29 is 14.6 Å². The Morgan fingerprint density at radius 3 is 2.50 bits per heavy atom. The molecule has 0 unspecified atom stereocenters. The minimum Gasteiger partial charge on any atom is -0.508 e. The number of phenolic OH excluding ortho intramolecular Hbond substituents is 1. The topological polar surface area (TPSA) is 70.6 Å². The third-order valence-corrected chi connectivity index (χ3v) is 4.25. The number of aromatic hydroxyl groups is 1. The molecule has 3 rings (SSSR count). The molecule has 1 saturated carbocycles. The number of benzene rings is 2. The average Bonchev–Trinajstić information content (AvgIpc) is 2.57. The van der Waals surface area contributed by atoms with Crippen molar-refractivity contribution in [3.8, 4) is 5.75 Å². The quantitative estimate of drug-likeness (QED) is 0.763. The van der Waals surface area contributed by atoms with E-state index in [9.17, 15) is 9.90 Å². The first-order chi connectivity index (χ1) is 11.7. The van der Waals surface area contributed by atoms with E-state index in [1.807, 2.05) is 48.5 Å². The molecule has 1 aliphatic carbocycles. The molecule has 0 aliphatic heterocycles. The monoisotopic (exact) mass is 326 g/mol. The summed E-state index contributed by atoms with van der Waals surface area (Å²) in [6.45, 7) is 0.914. The fraction of sp³-hybridized carbons (Fsp3) is 0.316. The molecule has 0 bridgehead atoms. The maximum atomic E-state index is 11.8. The standard InChI is InChI=1S/C19H22N2O3/c22-18-9-5-4-8-15(18)12-20-16-10-17(11-16)21-19(23)24-13-14-6-2-1-3-7-14/h1-9,16-17,20,22H,10-13H2,(H,21,23). The van der Waals surface area contributed by atoms with Crippen LogP contribution in [0.25, 0.3) is 0 Å². The smallest absolute Gasteiger partial charge is 0.407 e. The molecule has 0 radical (unpaired) electrons. The SMILES string of the molecule is O=C(NC1CC(NCc2ccccc2O)C1)OCc1ccccc1. The first-order valence-corrected chi connectivity index (χ1v) is 8.18. The van der Waals surface area contributed by atoms with E-state index in [1.165, 1.54) is 0 Å². The summed E-state index contributed by atoms with van der Waals surface area (Å²) in [4.78, 5) is 11.8. The molecule has 2 aromatic rings. The Morgan fingerprint density at radius 2 is 1.75 bits per heavy atom. The van der Waals surface area contributed by atoms with Gasteiger partial charge in [0.15, 0.2) is 0 Å². The van der Waals surface area contributed by atoms with Crippen molar-refractivity contribution in [3.63, 3.8) is 0 Å². The highest BCUT2D eigenvalue weighted by Crippen LogP contribution is 2.22. The van der Waals surface area contributed by atoms with Gasteiger partial charge in [-0.05, 0) is 24.5 Å². The lowest BCUT2D eigenvalue weighted by molar-refractivity contribution is 0.125. The normalized spacial score (nSPS) is 19.3. The lowest BCUT2D eigenvalue weighted by atomic mass is 9.86. The average molecular weight is 326 g/mol. The molecule has 1 aliphatic rings. The van der Waals surface area contributed by atoms with Crippen LogP contribution in [0.2, 0.25) is 0 Å². The number of rotatable bonds is 6. The first kappa shape index (κ1) is 16.3. The van der Waals surface area contributed by atoms with Gasteiger partial charge in [0.25, 0.3) is 0 Å². The first-order valence-electron chi connectivity index (χ1n) is 8.18. The van der Waals surface area contributed by atoms with Crippen molar-refractivity contribution >= 4 is 6.09 Å². The molecular weight excluding hydrogens is 304 g/mol. The molecule has 0 spiro atoms. The number of para-hydroxylation sites is 1. The third kappa shape index (κ3) is 4.49. The Labute approximate surface area is 141 Å². The molecule has 24 heavy (non-hydrogen) atoms. The Balaban J connectivity index is 1.32. The lowest BCUT2D eigenvalue weighted by Crippen LogP contribution is -2.52. The van der Waals surface area contributed by atoms with Gasteiger partial charge in [0.1, 0.15) is 12.4 Å². The number of alkyl carbamates (subject to hydrolysis) is 1. The van der Waals surface area contributed by atoms with E-state index in [0.717, 1.165) is 24.0 Å². The Morgan fingerprint density at radius 1 is 1.04 bits per heavy atom. The second kappa shape index (κ2) is 7.84. The van der Waals surface area contributed by atoms with Crippen LogP contribution in [0.5, 0.6) is 5.75 Å². The Kier molecular flexibility index (Phi) is 5.33. The van der Waals surface area contributed by atoms with Crippen LogP contribution in [0, 0.1) is 0 Å². The van der Waals surface area contributed by atoms with E-state index in [0.29, 0.717) is 18.3 Å². The second-order valence-corrected chi connectivity index (χ2v) is 6.08. The highest BCUT2D eigenvalue weighted by Gasteiger charge is 2.30. The summed E-state index contributed by atoms with van der Waals surface area (Å²) in [5.74, 6) is 0.309. The van der Waals surface area contributed by atoms with E-state index in [-0.39, 0.29) is 18.7 Å². The number of hydrogen-bond donors (Lipinski definition) is 3. The molecule has 5 nitrogen and oxygen atoms in total. The summed E-state index contributed by atoms with van der Waals surface area (Å²) in [5, 5.41) is 16.0. The number of carbonyl (C=O) groups excluding carboxylic acids is 1. The predicted octanol–water partition coefficient (Wildman–Crippen LogP) is 2.94. The summed E-state index contributed by atoms with van der Waals surface area (Å²) in [5.41, 5.74) is 1.86. The summed E-state index contributed by atoms with van der Waals surface area (Å²) < 4.78 is 5.21. The zero-order chi connectivity index (χ0) is 16.8. The number of ether oxygens (including phenoxy) is 1. The van der Waals surface area contributed by atoms with E-state index in [4.69, 9.17) is 4.74 Å². The van der Waals surface area contributed by atoms with E-state index in [2.05, 4.69) is 10.6 Å². The van der Waals surface area contributed by atoms with Crippen molar-refractivity contribution in [1.82, 2.24) is 10.6 Å². The summed E-state index contributed by atoms with van der Waals surface area (Å²) in [7, 11) is 0. The maximum absolute atomic E-state index is 11.8. The number of carbonyl (C=O) groups is 1. The largest absolute Gasteiger partial charge is 0.508 e. The van der Waals surface area contributed by atoms with Gasteiger partial charge in [-0.15, -0.1) is 0 Å². The third-order valence-electron chi connectivity index (χ3n) is 4.25. The number of phenols is 1. The van der Waals surface area contributed by atoms with Crippen LogP contribution in [-0.2, 0) is 17.9 Å². The minimum absolute atomic E-state index is 0.148.